The van der Waals surface area contributed by atoms with Crippen LogP contribution in [0.4, 0.5) is 20.6 Å². The zero-order valence-electron chi connectivity index (χ0n) is 24.3. The van der Waals surface area contributed by atoms with Crippen LogP contribution < -0.4 is 10.6 Å². The van der Waals surface area contributed by atoms with Crippen LogP contribution in [0.2, 0.25) is 0 Å². The van der Waals surface area contributed by atoms with Crippen LogP contribution in [0.3, 0.4) is 0 Å². The standard InChI is InChI=1S/C31H30FN9O2/c1-17-22(5-6-25(32)37-17)28(24-15-41(40-39-24)31-9-18(10-31)11-31)43-29(42)38-21-7-19(12-33)26-23(8-21)27(20(13-34)14-35-26)36-16-30(2,3)4/h5-8,14-15,18,28H,9-11,16H2,1-4H3,(H,35,36)(H,38,42). The lowest BCUT2D eigenvalue weighted by Gasteiger charge is -2.61. The molecule has 1 atom stereocenters. The maximum absolute atomic E-state index is 13.9. The number of aromatic nitrogens is 5. The van der Waals surface area contributed by atoms with E-state index in [0.717, 1.165) is 25.2 Å². The van der Waals surface area contributed by atoms with E-state index in [9.17, 15) is 19.7 Å². The average Bonchev–Trinajstić information content (AvgIpc) is 3.37. The van der Waals surface area contributed by atoms with Gasteiger partial charge in [-0.05, 0) is 61.8 Å². The number of aryl methyl sites for hydroxylation is 1. The normalized spacial score (nSPS) is 19.4. The van der Waals surface area contributed by atoms with Crippen molar-refractivity contribution >= 4 is 28.4 Å². The fourth-order valence-electron chi connectivity index (χ4n) is 5.79. The number of carbonyl (C=O) groups excluding carboxylic acids is 1. The Hall–Kier alpha value is -5.10. The lowest BCUT2D eigenvalue weighted by molar-refractivity contribution is -0.0989. The summed E-state index contributed by atoms with van der Waals surface area (Å²) < 4.78 is 21.6. The number of nitriles is 2. The number of pyridine rings is 2. The molecule has 1 aromatic carbocycles. The van der Waals surface area contributed by atoms with Crippen molar-refractivity contribution in [2.75, 3.05) is 17.2 Å². The first-order chi connectivity index (χ1) is 20.5. The molecule has 218 valence electrons. The van der Waals surface area contributed by atoms with Gasteiger partial charge in [-0.1, -0.05) is 26.0 Å². The molecule has 0 saturated heterocycles. The highest BCUT2D eigenvalue weighted by Gasteiger charge is 2.59. The van der Waals surface area contributed by atoms with Gasteiger partial charge in [0, 0.05) is 35.1 Å². The molecule has 3 fully saturated rings. The van der Waals surface area contributed by atoms with E-state index in [-0.39, 0.29) is 22.2 Å². The van der Waals surface area contributed by atoms with Gasteiger partial charge in [0.15, 0.2) is 6.10 Å². The van der Waals surface area contributed by atoms with E-state index in [1.165, 1.54) is 24.4 Å². The molecular formula is C31H30FN9O2. The van der Waals surface area contributed by atoms with E-state index in [1.807, 2.05) is 4.68 Å². The molecule has 4 aromatic rings. The molecule has 0 radical (unpaired) electrons. The molecule has 1 unspecified atom stereocenters. The van der Waals surface area contributed by atoms with Crippen LogP contribution in [0.15, 0.2) is 36.7 Å². The summed E-state index contributed by atoms with van der Waals surface area (Å²) in [5.41, 5.74) is 2.81. The number of benzene rings is 1. The second-order valence-corrected chi connectivity index (χ2v) is 12.6. The Kier molecular flexibility index (Phi) is 6.73. The molecule has 2 bridgehead atoms. The number of rotatable bonds is 7. The van der Waals surface area contributed by atoms with Crippen molar-refractivity contribution in [1.29, 1.82) is 10.5 Å². The smallest absolute Gasteiger partial charge is 0.412 e. The van der Waals surface area contributed by atoms with Crippen LogP contribution >= 0.6 is 0 Å². The summed E-state index contributed by atoms with van der Waals surface area (Å²) in [5, 5.41) is 34.8. The lowest BCUT2D eigenvalue weighted by Crippen LogP contribution is -2.59. The van der Waals surface area contributed by atoms with Crippen molar-refractivity contribution in [2.24, 2.45) is 11.3 Å². The number of nitrogens with zero attached hydrogens (tertiary/aromatic N) is 7. The number of ether oxygens (including phenoxy) is 1. The summed E-state index contributed by atoms with van der Waals surface area (Å²) in [6.07, 6.45) is 4.53. The van der Waals surface area contributed by atoms with Crippen molar-refractivity contribution in [3.63, 3.8) is 0 Å². The van der Waals surface area contributed by atoms with E-state index in [0.29, 0.717) is 45.6 Å². The van der Waals surface area contributed by atoms with Crippen LogP contribution in [-0.4, -0.2) is 37.6 Å². The van der Waals surface area contributed by atoms with E-state index in [2.05, 4.69) is 63.8 Å². The maximum atomic E-state index is 13.9. The van der Waals surface area contributed by atoms with Gasteiger partial charge < -0.3 is 10.1 Å². The quantitative estimate of drug-likeness (QED) is 0.262. The zero-order chi connectivity index (χ0) is 30.5. The van der Waals surface area contributed by atoms with Gasteiger partial charge in [0.2, 0.25) is 5.95 Å². The first-order valence-electron chi connectivity index (χ1n) is 14.0. The van der Waals surface area contributed by atoms with Gasteiger partial charge in [0.1, 0.15) is 17.8 Å². The Morgan fingerprint density at radius 1 is 1.21 bits per heavy atom. The molecule has 3 saturated carbocycles. The molecular weight excluding hydrogens is 549 g/mol. The molecule has 0 spiro atoms. The Morgan fingerprint density at radius 3 is 2.58 bits per heavy atom. The summed E-state index contributed by atoms with van der Waals surface area (Å²) in [5.74, 6) is 0.0845. The van der Waals surface area contributed by atoms with Crippen molar-refractivity contribution in [3.05, 3.63) is 70.7 Å². The highest BCUT2D eigenvalue weighted by molar-refractivity contribution is 6.00. The van der Waals surface area contributed by atoms with Crippen molar-refractivity contribution < 1.29 is 13.9 Å². The molecule has 3 aliphatic carbocycles. The van der Waals surface area contributed by atoms with Gasteiger partial charge in [-0.2, -0.15) is 14.9 Å². The van der Waals surface area contributed by atoms with Gasteiger partial charge in [0.05, 0.1) is 34.1 Å². The largest absolute Gasteiger partial charge is 0.434 e. The predicted octanol–water partition coefficient (Wildman–Crippen LogP) is 5.72. The van der Waals surface area contributed by atoms with Crippen LogP contribution in [0.5, 0.6) is 0 Å². The second-order valence-electron chi connectivity index (χ2n) is 12.6. The van der Waals surface area contributed by atoms with Crippen molar-refractivity contribution in [3.8, 4) is 12.1 Å². The third kappa shape index (κ3) is 5.21. The minimum absolute atomic E-state index is 0.0212. The van der Waals surface area contributed by atoms with Gasteiger partial charge in [-0.15, -0.1) is 5.10 Å². The Morgan fingerprint density at radius 2 is 1.95 bits per heavy atom. The van der Waals surface area contributed by atoms with Crippen molar-refractivity contribution in [1.82, 2.24) is 25.0 Å². The zero-order valence-corrected chi connectivity index (χ0v) is 24.3. The van der Waals surface area contributed by atoms with E-state index in [4.69, 9.17) is 4.74 Å². The first kappa shape index (κ1) is 28.0. The summed E-state index contributed by atoms with van der Waals surface area (Å²) in [6.45, 7) is 8.36. The number of amides is 1. The second kappa shape index (κ2) is 10.3. The van der Waals surface area contributed by atoms with Crippen LogP contribution in [0, 0.1) is 46.9 Å². The Balaban J connectivity index is 1.33. The number of anilines is 2. The number of halogens is 1. The van der Waals surface area contributed by atoms with Gasteiger partial charge in [0.25, 0.3) is 0 Å². The topological polar surface area (TPSA) is 154 Å². The summed E-state index contributed by atoms with van der Waals surface area (Å²) in [4.78, 5) is 21.6. The number of carbonyl (C=O) groups is 1. The molecule has 1 amide bonds. The summed E-state index contributed by atoms with van der Waals surface area (Å²) >= 11 is 0. The number of nitrogens with one attached hydrogen (secondary N) is 2. The molecule has 0 aliphatic heterocycles. The fourth-order valence-corrected chi connectivity index (χ4v) is 5.79. The molecule has 3 heterocycles. The summed E-state index contributed by atoms with van der Waals surface area (Å²) in [6, 6.07) is 10.1. The van der Waals surface area contributed by atoms with Crippen LogP contribution in [0.1, 0.15) is 74.2 Å². The highest BCUT2D eigenvalue weighted by atomic mass is 19.1. The minimum Gasteiger partial charge on any atom is -0.434 e. The molecule has 43 heavy (non-hydrogen) atoms. The average molecular weight is 580 g/mol. The number of hydrogen-bond acceptors (Lipinski definition) is 9. The predicted molar refractivity (Wildman–Crippen MR) is 155 cm³/mol. The monoisotopic (exact) mass is 579 g/mol. The summed E-state index contributed by atoms with van der Waals surface area (Å²) in [7, 11) is 0. The lowest BCUT2D eigenvalue weighted by atomic mass is 9.50. The SMILES string of the molecule is Cc1nc(F)ccc1C(OC(=O)Nc1cc(C#N)c2ncc(C#N)c(NCC(C)(C)C)c2c1)c1cn(C23CC(C2)C3)nn1. The maximum Gasteiger partial charge on any atom is 0.412 e. The van der Waals surface area contributed by atoms with Crippen LogP contribution in [0.25, 0.3) is 10.9 Å². The van der Waals surface area contributed by atoms with E-state index < -0.39 is 18.1 Å². The molecule has 3 aliphatic rings. The molecule has 7 rings (SSSR count). The fraction of sp³-hybridized carbons (Fsp3) is 0.387. The van der Waals surface area contributed by atoms with Crippen molar-refractivity contribution in [2.45, 2.75) is 58.6 Å². The van der Waals surface area contributed by atoms with Gasteiger partial charge in [-0.3, -0.25) is 10.3 Å². The Labute approximate surface area is 247 Å². The van der Waals surface area contributed by atoms with Gasteiger partial charge >= 0.3 is 6.09 Å². The van der Waals surface area contributed by atoms with E-state index >= 15 is 0 Å². The molecule has 11 nitrogen and oxygen atoms in total. The molecule has 3 aromatic heterocycles. The van der Waals surface area contributed by atoms with Gasteiger partial charge in [-0.25, -0.2) is 14.5 Å². The van der Waals surface area contributed by atoms with Crippen LogP contribution in [-0.2, 0) is 10.3 Å². The third-order valence-electron chi connectivity index (χ3n) is 8.13. The van der Waals surface area contributed by atoms with E-state index in [1.54, 1.807) is 19.2 Å². The number of hydrogen-bond donors (Lipinski definition) is 2. The Bertz CT molecular complexity index is 1830. The third-order valence-corrected chi connectivity index (χ3v) is 8.13. The molecule has 12 heteroatoms. The first-order valence-corrected chi connectivity index (χ1v) is 14.0. The molecule has 2 N–H and O–H groups in total. The number of fused-ring (bicyclic) bond motifs is 1. The highest BCUT2D eigenvalue weighted by Crippen LogP contribution is 2.62. The minimum atomic E-state index is -1.01.